The summed E-state index contributed by atoms with van der Waals surface area (Å²) in [5, 5.41) is 3.40. The van der Waals surface area contributed by atoms with Crippen molar-refractivity contribution >= 4 is 46.0 Å². The van der Waals surface area contributed by atoms with Gasteiger partial charge in [0.25, 0.3) is 5.91 Å². The zero-order valence-corrected chi connectivity index (χ0v) is 18.1. The fourth-order valence-corrected chi connectivity index (χ4v) is 4.25. The Labute approximate surface area is 180 Å². The van der Waals surface area contributed by atoms with Crippen LogP contribution in [0.2, 0.25) is 0 Å². The molecule has 0 saturated carbocycles. The van der Waals surface area contributed by atoms with Gasteiger partial charge in [0, 0.05) is 11.3 Å². The van der Waals surface area contributed by atoms with Crippen molar-refractivity contribution in [3.8, 4) is 0 Å². The molecule has 2 aliphatic heterocycles. The minimum atomic E-state index is -0.428. The van der Waals surface area contributed by atoms with Crippen molar-refractivity contribution in [2.45, 2.75) is 33.2 Å². The molecule has 0 radical (unpaired) electrons. The lowest BCUT2D eigenvalue weighted by atomic mass is 10.1. The summed E-state index contributed by atoms with van der Waals surface area (Å²) in [6, 6.07) is 15.0. The van der Waals surface area contributed by atoms with E-state index in [1.807, 2.05) is 62.4 Å². The number of hydrogen-bond donors (Lipinski definition) is 1. The Hall–Kier alpha value is -2.93. The summed E-state index contributed by atoms with van der Waals surface area (Å²) >= 11 is 1.25. The topological polar surface area (TPSA) is 74.1 Å². The highest BCUT2D eigenvalue weighted by Gasteiger charge is 2.42. The second kappa shape index (κ2) is 8.44. The van der Waals surface area contributed by atoms with Gasteiger partial charge in [-0.05, 0) is 42.2 Å². The number of anilines is 1. The van der Waals surface area contributed by atoms with Crippen molar-refractivity contribution in [1.82, 2.24) is 4.90 Å². The van der Waals surface area contributed by atoms with Crippen LogP contribution in [-0.4, -0.2) is 39.5 Å². The molecule has 2 amide bonds. The number of amides is 2. The predicted octanol–water partition coefficient (Wildman–Crippen LogP) is 4.24. The van der Waals surface area contributed by atoms with E-state index >= 15 is 0 Å². The van der Waals surface area contributed by atoms with Gasteiger partial charge >= 0.3 is 0 Å². The molecule has 4 rings (SSSR count). The third-order valence-electron chi connectivity index (χ3n) is 5.11. The van der Waals surface area contributed by atoms with E-state index in [9.17, 15) is 9.59 Å². The molecule has 30 heavy (non-hydrogen) atoms. The fraction of sp³-hybridized carbons (Fsp3) is 0.304. The van der Waals surface area contributed by atoms with E-state index in [0.29, 0.717) is 11.0 Å². The van der Waals surface area contributed by atoms with Gasteiger partial charge in [0.2, 0.25) is 5.91 Å². The van der Waals surface area contributed by atoms with Crippen molar-refractivity contribution < 1.29 is 9.59 Å². The van der Waals surface area contributed by atoms with E-state index in [-0.39, 0.29) is 23.5 Å². The number of nitrogens with one attached hydrogen (secondary N) is 1. The monoisotopic (exact) mass is 420 g/mol. The maximum absolute atomic E-state index is 13.0. The quantitative estimate of drug-likeness (QED) is 0.786. The lowest BCUT2D eigenvalue weighted by Gasteiger charge is -2.25. The molecular weight excluding hydrogens is 396 g/mol. The summed E-state index contributed by atoms with van der Waals surface area (Å²) in [5.74, 6) is 0.637. The summed E-state index contributed by atoms with van der Waals surface area (Å²) in [6.45, 7) is 6.06. The third kappa shape index (κ3) is 3.89. The van der Waals surface area contributed by atoms with E-state index < -0.39 is 6.04 Å². The molecule has 2 aromatic rings. The Morgan fingerprint density at radius 2 is 1.90 bits per heavy atom. The number of thioether (sulfide) groups is 1. The highest BCUT2D eigenvalue weighted by atomic mass is 32.2. The molecular formula is C23H24N4O2S. The predicted molar refractivity (Wildman–Crippen MR) is 122 cm³/mol. The van der Waals surface area contributed by atoms with Gasteiger partial charge in [-0.1, -0.05) is 56.8 Å². The number of nitrogens with zero attached hydrogens (tertiary/aromatic N) is 3. The summed E-state index contributed by atoms with van der Waals surface area (Å²) < 4.78 is 0. The first-order valence-corrected chi connectivity index (χ1v) is 11.1. The van der Waals surface area contributed by atoms with Gasteiger partial charge in [-0.3, -0.25) is 14.6 Å². The van der Waals surface area contributed by atoms with Crippen molar-refractivity contribution in [3.05, 3.63) is 59.7 Å². The number of para-hydroxylation sites is 1. The Morgan fingerprint density at radius 1 is 1.17 bits per heavy atom. The summed E-state index contributed by atoms with van der Waals surface area (Å²) in [4.78, 5) is 36.4. The summed E-state index contributed by atoms with van der Waals surface area (Å²) in [7, 11) is 0. The number of carbonyl (C=O) groups is 2. The van der Waals surface area contributed by atoms with Crippen LogP contribution in [0.15, 0.2) is 58.5 Å². The van der Waals surface area contributed by atoms with Crippen LogP contribution >= 0.6 is 11.8 Å². The fourth-order valence-electron chi connectivity index (χ4n) is 3.45. The largest absolute Gasteiger partial charge is 0.325 e. The van der Waals surface area contributed by atoms with Crippen LogP contribution in [-0.2, 0) is 16.0 Å². The Balaban J connectivity index is 1.52. The first kappa shape index (κ1) is 20.3. The van der Waals surface area contributed by atoms with Crippen LogP contribution in [0.4, 0.5) is 11.4 Å². The molecule has 2 aliphatic rings. The Morgan fingerprint density at radius 3 is 2.60 bits per heavy atom. The maximum Gasteiger partial charge on any atom is 0.259 e. The molecule has 0 aromatic heterocycles. The van der Waals surface area contributed by atoms with Gasteiger partial charge in [0.15, 0.2) is 5.17 Å². The standard InChI is InChI=1S/C23H24N4O2S/c1-4-15-9-11-16(12-10-15)24-19(28)13-30-23-25-18-8-6-5-7-17(18)21-26-20(14(2)3)22(29)27(21)23/h5-12,14,20H,4,13H2,1-3H3,(H,24,28)/t20-/m1/s1. The molecule has 1 N–H and O–H groups in total. The number of aliphatic imine (C=N–C) groups is 2. The van der Waals surface area contributed by atoms with Gasteiger partial charge in [-0.25, -0.2) is 9.89 Å². The highest BCUT2D eigenvalue weighted by Crippen LogP contribution is 2.34. The molecule has 154 valence electrons. The van der Waals surface area contributed by atoms with Crippen LogP contribution in [0.3, 0.4) is 0 Å². The molecule has 0 aliphatic carbocycles. The lowest BCUT2D eigenvalue weighted by molar-refractivity contribution is -0.125. The third-order valence-corrected chi connectivity index (χ3v) is 6.05. The number of fused-ring (bicyclic) bond motifs is 3. The van der Waals surface area contributed by atoms with E-state index in [2.05, 4.69) is 17.2 Å². The van der Waals surface area contributed by atoms with Gasteiger partial charge in [0.05, 0.1) is 11.4 Å². The minimum Gasteiger partial charge on any atom is -0.325 e. The summed E-state index contributed by atoms with van der Waals surface area (Å²) in [5.41, 5.74) is 3.59. The van der Waals surface area contributed by atoms with Crippen LogP contribution in [0.1, 0.15) is 31.9 Å². The molecule has 0 bridgehead atoms. The van der Waals surface area contributed by atoms with Crippen LogP contribution in [0.25, 0.3) is 0 Å². The normalized spacial score (nSPS) is 17.4. The van der Waals surface area contributed by atoms with Gasteiger partial charge in [-0.2, -0.15) is 0 Å². The van der Waals surface area contributed by atoms with E-state index in [1.165, 1.54) is 17.3 Å². The zero-order chi connectivity index (χ0) is 21.3. The highest BCUT2D eigenvalue weighted by molar-refractivity contribution is 8.14. The number of hydrogen-bond acceptors (Lipinski definition) is 5. The average Bonchev–Trinajstić information content (AvgIpc) is 3.11. The van der Waals surface area contributed by atoms with E-state index in [4.69, 9.17) is 4.99 Å². The zero-order valence-electron chi connectivity index (χ0n) is 17.3. The van der Waals surface area contributed by atoms with Crippen LogP contribution < -0.4 is 5.32 Å². The number of benzene rings is 2. The second-order valence-electron chi connectivity index (χ2n) is 7.61. The minimum absolute atomic E-state index is 0.0865. The van der Waals surface area contributed by atoms with Crippen LogP contribution in [0, 0.1) is 5.92 Å². The SMILES string of the molecule is CCc1ccc(NC(=O)CSC2=Nc3ccccc3C3=N[C@H](C(C)C)C(=O)N23)cc1. The maximum atomic E-state index is 13.0. The van der Waals surface area contributed by atoms with Gasteiger partial charge in [0.1, 0.15) is 11.9 Å². The van der Waals surface area contributed by atoms with Crippen molar-refractivity contribution in [1.29, 1.82) is 0 Å². The van der Waals surface area contributed by atoms with Crippen LogP contribution in [0.5, 0.6) is 0 Å². The Kier molecular flexibility index (Phi) is 5.72. The summed E-state index contributed by atoms with van der Waals surface area (Å²) in [6.07, 6.45) is 0.955. The number of rotatable bonds is 5. The number of amidine groups is 2. The first-order chi connectivity index (χ1) is 14.5. The number of carbonyl (C=O) groups excluding carboxylic acids is 2. The molecule has 7 heteroatoms. The van der Waals surface area contributed by atoms with E-state index in [0.717, 1.165) is 23.4 Å². The molecule has 2 heterocycles. The smallest absolute Gasteiger partial charge is 0.259 e. The average molecular weight is 421 g/mol. The lowest BCUT2D eigenvalue weighted by Crippen LogP contribution is -2.42. The molecule has 1 atom stereocenters. The molecule has 2 aromatic carbocycles. The molecule has 0 fully saturated rings. The molecule has 0 spiro atoms. The number of aryl methyl sites for hydroxylation is 1. The van der Waals surface area contributed by atoms with Crippen molar-refractivity contribution in [3.63, 3.8) is 0 Å². The Bertz CT molecular complexity index is 1040. The van der Waals surface area contributed by atoms with E-state index in [1.54, 1.807) is 4.90 Å². The van der Waals surface area contributed by atoms with Gasteiger partial charge in [-0.15, -0.1) is 0 Å². The van der Waals surface area contributed by atoms with Gasteiger partial charge < -0.3 is 5.32 Å². The van der Waals surface area contributed by atoms with Crippen molar-refractivity contribution in [2.24, 2.45) is 15.9 Å². The molecule has 6 nitrogen and oxygen atoms in total. The second-order valence-corrected chi connectivity index (χ2v) is 8.56. The van der Waals surface area contributed by atoms with Crippen molar-refractivity contribution in [2.75, 3.05) is 11.1 Å². The first-order valence-electron chi connectivity index (χ1n) is 10.1. The molecule has 0 unspecified atom stereocenters. The molecule has 0 saturated heterocycles.